The summed E-state index contributed by atoms with van der Waals surface area (Å²) in [5.41, 5.74) is 0.322. The molecule has 0 spiro atoms. The zero-order valence-corrected chi connectivity index (χ0v) is 10.1. The quantitative estimate of drug-likeness (QED) is 0.776. The second kappa shape index (κ2) is 5.74. The van der Waals surface area contributed by atoms with Gasteiger partial charge in [-0.1, -0.05) is 23.2 Å². The van der Waals surface area contributed by atoms with Gasteiger partial charge in [0.25, 0.3) is 0 Å². The van der Waals surface area contributed by atoms with Gasteiger partial charge in [0.1, 0.15) is 5.75 Å². The Balaban J connectivity index is 3.02. The SMILES string of the molecule is COc1cc(Cl)c(C(=O)CCC#N)cc1Cl. The molecular formula is C11H9Cl2NO2. The lowest BCUT2D eigenvalue weighted by molar-refractivity contribution is 0.0984. The van der Waals surface area contributed by atoms with Gasteiger partial charge < -0.3 is 4.74 Å². The average molecular weight is 258 g/mol. The van der Waals surface area contributed by atoms with E-state index in [-0.39, 0.29) is 23.6 Å². The number of rotatable bonds is 4. The summed E-state index contributed by atoms with van der Waals surface area (Å²) in [6.07, 6.45) is 0.303. The van der Waals surface area contributed by atoms with Crippen LogP contribution in [0.5, 0.6) is 5.75 Å². The van der Waals surface area contributed by atoms with Crippen LogP contribution < -0.4 is 4.74 Å². The van der Waals surface area contributed by atoms with Gasteiger partial charge in [-0.25, -0.2) is 0 Å². The molecule has 0 N–H and O–H groups in total. The van der Waals surface area contributed by atoms with Gasteiger partial charge in [0.05, 0.1) is 23.2 Å². The first-order valence-corrected chi connectivity index (χ1v) is 5.29. The van der Waals surface area contributed by atoms with E-state index in [9.17, 15) is 4.79 Å². The number of ketones is 1. The number of nitriles is 1. The van der Waals surface area contributed by atoms with Gasteiger partial charge in [-0.3, -0.25) is 4.79 Å². The van der Waals surface area contributed by atoms with Crippen molar-refractivity contribution >= 4 is 29.0 Å². The second-order valence-corrected chi connectivity index (χ2v) is 3.86. The van der Waals surface area contributed by atoms with Gasteiger partial charge in [-0.15, -0.1) is 0 Å². The van der Waals surface area contributed by atoms with E-state index in [4.69, 9.17) is 33.2 Å². The molecular weight excluding hydrogens is 249 g/mol. The third kappa shape index (κ3) is 2.88. The van der Waals surface area contributed by atoms with Crippen molar-refractivity contribution in [2.45, 2.75) is 12.8 Å². The smallest absolute Gasteiger partial charge is 0.165 e. The van der Waals surface area contributed by atoms with E-state index in [1.807, 2.05) is 6.07 Å². The molecule has 0 aromatic heterocycles. The van der Waals surface area contributed by atoms with Crippen LogP contribution in [0, 0.1) is 11.3 Å². The molecule has 5 heteroatoms. The molecule has 0 unspecified atom stereocenters. The summed E-state index contributed by atoms with van der Waals surface area (Å²) < 4.78 is 4.96. The zero-order valence-electron chi connectivity index (χ0n) is 8.59. The summed E-state index contributed by atoms with van der Waals surface area (Å²) in [4.78, 5) is 11.6. The number of hydrogen-bond acceptors (Lipinski definition) is 3. The Morgan fingerprint density at radius 2 is 2.12 bits per heavy atom. The highest BCUT2D eigenvalue weighted by molar-refractivity contribution is 6.36. The summed E-state index contributed by atoms with van der Waals surface area (Å²) in [5.74, 6) is 0.222. The Morgan fingerprint density at radius 1 is 1.44 bits per heavy atom. The minimum absolute atomic E-state index is 0.138. The number of carbonyl (C=O) groups is 1. The highest BCUT2D eigenvalue weighted by atomic mass is 35.5. The van der Waals surface area contributed by atoms with Crippen LogP contribution in [0.2, 0.25) is 10.0 Å². The average Bonchev–Trinajstić information content (AvgIpc) is 2.28. The molecule has 16 heavy (non-hydrogen) atoms. The van der Waals surface area contributed by atoms with E-state index in [1.165, 1.54) is 19.2 Å². The Labute approximate surface area is 104 Å². The van der Waals surface area contributed by atoms with Gasteiger partial charge in [0.15, 0.2) is 5.78 Å². The van der Waals surface area contributed by atoms with E-state index >= 15 is 0 Å². The van der Waals surface area contributed by atoms with Gasteiger partial charge in [0, 0.05) is 24.5 Å². The van der Waals surface area contributed by atoms with Crippen molar-refractivity contribution in [2.75, 3.05) is 7.11 Å². The topological polar surface area (TPSA) is 50.1 Å². The maximum absolute atomic E-state index is 11.6. The number of nitrogens with zero attached hydrogens (tertiary/aromatic N) is 1. The van der Waals surface area contributed by atoms with Crippen LogP contribution >= 0.6 is 23.2 Å². The number of Topliss-reactive ketones (excluding diaryl/α,β-unsaturated/α-hetero) is 1. The van der Waals surface area contributed by atoms with Crippen LogP contribution in [0.4, 0.5) is 0 Å². The Kier molecular flexibility index (Phi) is 4.60. The van der Waals surface area contributed by atoms with Crippen molar-refractivity contribution < 1.29 is 9.53 Å². The molecule has 1 rings (SSSR count). The fourth-order valence-corrected chi connectivity index (χ4v) is 1.70. The van der Waals surface area contributed by atoms with Crippen LogP contribution in [0.15, 0.2) is 12.1 Å². The predicted octanol–water partition coefficient (Wildman–Crippen LogP) is 3.49. The van der Waals surface area contributed by atoms with Crippen LogP contribution in [-0.4, -0.2) is 12.9 Å². The van der Waals surface area contributed by atoms with E-state index in [0.29, 0.717) is 16.3 Å². The monoisotopic (exact) mass is 257 g/mol. The molecule has 0 atom stereocenters. The van der Waals surface area contributed by atoms with Crippen molar-refractivity contribution in [2.24, 2.45) is 0 Å². The molecule has 0 heterocycles. The highest BCUT2D eigenvalue weighted by Gasteiger charge is 2.13. The minimum Gasteiger partial charge on any atom is -0.495 e. The zero-order chi connectivity index (χ0) is 12.1. The maximum Gasteiger partial charge on any atom is 0.165 e. The van der Waals surface area contributed by atoms with E-state index in [0.717, 1.165) is 0 Å². The molecule has 0 saturated carbocycles. The first-order chi connectivity index (χ1) is 7.60. The number of ether oxygens (including phenoxy) is 1. The Hall–Kier alpha value is -1.24. The second-order valence-electron chi connectivity index (χ2n) is 3.05. The summed E-state index contributed by atoms with van der Waals surface area (Å²) in [5, 5.41) is 8.99. The van der Waals surface area contributed by atoms with Gasteiger partial charge >= 0.3 is 0 Å². The molecule has 0 aliphatic carbocycles. The van der Waals surface area contributed by atoms with Gasteiger partial charge in [-0.05, 0) is 6.07 Å². The number of halogens is 2. The van der Waals surface area contributed by atoms with Gasteiger partial charge in [0.2, 0.25) is 0 Å². The summed E-state index contributed by atoms with van der Waals surface area (Å²) in [7, 11) is 1.47. The van der Waals surface area contributed by atoms with E-state index < -0.39 is 0 Å². The fraction of sp³-hybridized carbons (Fsp3) is 0.273. The Morgan fingerprint density at radius 3 is 2.69 bits per heavy atom. The molecule has 1 aromatic rings. The number of hydrogen-bond donors (Lipinski definition) is 0. The first kappa shape index (κ1) is 12.8. The number of methoxy groups -OCH3 is 1. The van der Waals surface area contributed by atoms with Crippen LogP contribution in [-0.2, 0) is 0 Å². The molecule has 0 bridgehead atoms. The first-order valence-electron chi connectivity index (χ1n) is 4.53. The molecule has 3 nitrogen and oxygen atoms in total. The van der Waals surface area contributed by atoms with Crippen molar-refractivity contribution in [1.82, 2.24) is 0 Å². The van der Waals surface area contributed by atoms with Crippen molar-refractivity contribution in [3.8, 4) is 11.8 Å². The normalized spacial score (nSPS) is 9.62. The maximum atomic E-state index is 11.6. The molecule has 84 valence electrons. The van der Waals surface area contributed by atoms with Crippen molar-refractivity contribution in [3.63, 3.8) is 0 Å². The lowest BCUT2D eigenvalue weighted by Crippen LogP contribution is -2.00. The fourth-order valence-electron chi connectivity index (χ4n) is 1.20. The predicted molar refractivity (Wildman–Crippen MR) is 62.2 cm³/mol. The van der Waals surface area contributed by atoms with Crippen LogP contribution in [0.25, 0.3) is 0 Å². The van der Waals surface area contributed by atoms with Crippen LogP contribution in [0.1, 0.15) is 23.2 Å². The minimum atomic E-state index is -0.198. The standard InChI is InChI=1S/C11H9Cl2NO2/c1-16-11-6-8(12)7(5-9(11)13)10(15)3-2-4-14/h5-6H,2-3H2,1H3. The van der Waals surface area contributed by atoms with Gasteiger partial charge in [-0.2, -0.15) is 5.26 Å². The molecule has 0 aliphatic rings. The molecule has 1 aromatic carbocycles. The van der Waals surface area contributed by atoms with Crippen LogP contribution in [0.3, 0.4) is 0 Å². The van der Waals surface area contributed by atoms with Crippen molar-refractivity contribution in [3.05, 3.63) is 27.7 Å². The Bertz CT molecular complexity index is 452. The molecule has 0 fully saturated rings. The lowest BCUT2D eigenvalue weighted by atomic mass is 10.1. The third-order valence-electron chi connectivity index (χ3n) is 2.01. The summed E-state index contributed by atoms with van der Waals surface area (Å²) in [6, 6.07) is 4.85. The number of carbonyl (C=O) groups excluding carboxylic acids is 1. The van der Waals surface area contributed by atoms with E-state index in [1.54, 1.807) is 0 Å². The molecule has 0 amide bonds. The van der Waals surface area contributed by atoms with E-state index in [2.05, 4.69) is 0 Å². The third-order valence-corrected chi connectivity index (χ3v) is 2.61. The summed E-state index contributed by atoms with van der Waals surface area (Å²) in [6.45, 7) is 0. The molecule has 0 radical (unpaired) electrons. The van der Waals surface area contributed by atoms with Crippen molar-refractivity contribution in [1.29, 1.82) is 5.26 Å². The molecule has 0 saturated heterocycles. The number of benzene rings is 1. The lowest BCUT2D eigenvalue weighted by Gasteiger charge is -2.07. The molecule has 0 aliphatic heterocycles. The highest BCUT2D eigenvalue weighted by Crippen LogP contribution is 2.31. The largest absolute Gasteiger partial charge is 0.495 e. The summed E-state index contributed by atoms with van der Waals surface area (Å²) >= 11 is 11.8.